The number of carbonyl (C=O) groups excluding carboxylic acids is 2. The molecule has 2 aromatic rings. The van der Waals surface area contributed by atoms with Gasteiger partial charge in [0.25, 0.3) is 0 Å². The van der Waals surface area contributed by atoms with Crippen molar-refractivity contribution >= 4 is 38.8 Å². The molecule has 0 saturated carbocycles. The lowest BCUT2D eigenvalue weighted by atomic mass is 10.1. The Labute approximate surface area is 144 Å². The van der Waals surface area contributed by atoms with Gasteiger partial charge in [0.1, 0.15) is 0 Å². The largest absolute Gasteiger partial charge is 0.463 e. The van der Waals surface area contributed by atoms with E-state index in [1.165, 1.54) is 0 Å². The van der Waals surface area contributed by atoms with Crippen LogP contribution in [-0.4, -0.2) is 28.5 Å². The molecule has 0 bridgehead atoms. The summed E-state index contributed by atoms with van der Waals surface area (Å²) in [7, 11) is 0. The maximum Gasteiger partial charge on any atom is 0.330 e. The summed E-state index contributed by atoms with van der Waals surface area (Å²) in [5.74, 6) is -1.11. The lowest BCUT2D eigenvalue weighted by Gasteiger charge is -2.08. The van der Waals surface area contributed by atoms with Gasteiger partial charge < -0.3 is 20.0 Å². The van der Waals surface area contributed by atoms with Crippen molar-refractivity contribution in [1.82, 2.24) is 15.3 Å². The Hall–Kier alpha value is -2.68. The van der Waals surface area contributed by atoms with Gasteiger partial charge in [0, 0.05) is 23.2 Å². The molecule has 1 aromatic carbocycles. The number of rotatable bonds is 5. The van der Waals surface area contributed by atoms with E-state index in [0.29, 0.717) is 21.1 Å². The van der Waals surface area contributed by atoms with Crippen molar-refractivity contribution in [2.75, 3.05) is 6.61 Å². The van der Waals surface area contributed by atoms with E-state index in [1.54, 1.807) is 19.1 Å². The zero-order valence-electron chi connectivity index (χ0n) is 12.6. The molecule has 24 heavy (non-hydrogen) atoms. The van der Waals surface area contributed by atoms with Gasteiger partial charge in [-0.25, -0.2) is 4.79 Å². The first-order valence-corrected chi connectivity index (χ1v) is 7.77. The van der Waals surface area contributed by atoms with Gasteiger partial charge >= 0.3 is 17.1 Å². The first-order chi connectivity index (χ1) is 11.4. The van der Waals surface area contributed by atoms with E-state index in [2.05, 4.69) is 36.0 Å². The van der Waals surface area contributed by atoms with Crippen LogP contribution in [0.1, 0.15) is 12.5 Å². The summed E-state index contributed by atoms with van der Waals surface area (Å²) in [6.07, 6.45) is 2.08. The van der Waals surface area contributed by atoms with Crippen molar-refractivity contribution in [2.45, 2.75) is 13.5 Å². The number of nitrogens with one attached hydrogen (secondary N) is 3. The third-order valence-electron chi connectivity index (χ3n) is 2.99. The highest BCUT2D eigenvalue weighted by atomic mass is 79.9. The van der Waals surface area contributed by atoms with Crippen LogP contribution in [-0.2, 0) is 20.9 Å². The van der Waals surface area contributed by atoms with Crippen molar-refractivity contribution in [3.05, 3.63) is 55.0 Å². The molecule has 0 atom stereocenters. The van der Waals surface area contributed by atoms with Crippen molar-refractivity contribution in [3.8, 4) is 0 Å². The number of amides is 1. The zero-order valence-corrected chi connectivity index (χ0v) is 14.2. The van der Waals surface area contributed by atoms with Gasteiger partial charge in [-0.05, 0) is 24.6 Å². The van der Waals surface area contributed by atoms with Crippen molar-refractivity contribution in [3.63, 3.8) is 0 Å². The molecule has 126 valence electrons. The number of ether oxygens (including phenoxy) is 1. The van der Waals surface area contributed by atoms with Gasteiger partial charge in [-0.15, -0.1) is 0 Å². The van der Waals surface area contributed by atoms with Crippen LogP contribution in [0.2, 0.25) is 0 Å². The molecule has 0 aliphatic rings. The predicted molar refractivity (Wildman–Crippen MR) is 90.5 cm³/mol. The zero-order chi connectivity index (χ0) is 17.7. The fourth-order valence-electron chi connectivity index (χ4n) is 1.97. The van der Waals surface area contributed by atoms with Crippen LogP contribution in [0.25, 0.3) is 11.0 Å². The minimum Gasteiger partial charge on any atom is -0.463 e. The molecule has 1 aromatic heterocycles. The molecule has 0 saturated heterocycles. The number of aromatic amines is 2. The van der Waals surface area contributed by atoms with Crippen LogP contribution in [0.4, 0.5) is 0 Å². The average Bonchev–Trinajstić information content (AvgIpc) is 2.52. The molecule has 9 heteroatoms. The molecule has 0 spiro atoms. The molecule has 0 fully saturated rings. The minimum atomic E-state index is -0.778. The average molecular weight is 396 g/mol. The van der Waals surface area contributed by atoms with E-state index in [0.717, 1.165) is 12.2 Å². The lowest BCUT2D eigenvalue weighted by Crippen LogP contribution is -2.29. The number of aromatic nitrogens is 2. The quantitative estimate of drug-likeness (QED) is 0.391. The van der Waals surface area contributed by atoms with Crippen LogP contribution in [0.3, 0.4) is 0 Å². The minimum absolute atomic E-state index is 0.0872. The Bertz CT molecular complexity index is 929. The van der Waals surface area contributed by atoms with E-state index in [9.17, 15) is 19.2 Å². The maximum atomic E-state index is 11.7. The topological polar surface area (TPSA) is 121 Å². The summed E-state index contributed by atoms with van der Waals surface area (Å²) in [5, 5.41) is 2.58. The Morgan fingerprint density at radius 1 is 1.21 bits per heavy atom. The van der Waals surface area contributed by atoms with E-state index in [1.807, 2.05) is 0 Å². The van der Waals surface area contributed by atoms with E-state index < -0.39 is 23.0 Å². The summed E-state index contributed by atoms with van der Waals surface area (Å²) in [5.41, 5.74) is -0.101. The van der Waals surface area contributed by atoms with Crippen molar-refractivity contribution in [1.29, 1.82) is 0 Å². The number of halogens is 1. The summed E-state index contributed by atoms with van der Waals surface area (Å²) >= 11 is 3.30. The number of hydrogen-bond donors (Lipinski definition) is 3. The highest BCUT2D eigenvalue weighted by Gasteiger charge is 2.08. The molecular weight excluding hydrogens is 382 g/mol. The van der Waals surface area contributed by atoms with Crippen molar-refractivity contribution < 1.29 is 14.3 Å². The maximum absolute atomic E-state index is 11.7. The second kappa shape index (κ2) is 7.73. The van der Waals surface area contributed by atoms with Gasteiger partial charge in [-0.1, -0.05) is 15.9 Å². The fraction of sp³-hybridized carbons (Fsp3) is 0.200. The fourth-order valence-corrected chi connectivity index (χ4v) is 2.48. The highest BCUT2D eigenvalue weighted by Crippen LogP contribution is 2.20. The molecule has 1 amide bonds. The summed E-state index contributed by atoms with van der Waals surface area (Å²) in [6, 6.07) is 3.34. The van der Waals surface area contributed by atoms with Gasteiger partial charge in [-0.2, -0.15) is 0 Å². The van der Waals surface area contributed by atoms with Crippen LogP contribution in [0.15, 0.2) is 38.3 Å². The standard InChI is InChI=1S/C15H14BrN3O5/c1-2-24-12(21)4-3-11(20)17-7-8-5-9(16)6-10-13(8)19-15(23)14(22)18-10/h3-6H,2,7H2,1H3,(H,17,20)(H,18,22)(H,19,23). The Morgan fingerprint density at radius 3 is 2.62 bits per heavy atom. The van der Waals surface area contributed by atoms with Gasteiger partial charge in [0.05, 0.1) is 17.6 Å². The number of H-pyrrole nitrogens is 2. The lowest BCUT2D eigenvalue weighted by molar-refractivity contribution is -0.137. The van der Waals surface area contributed by atoms with Crippen LogP contribution < -0.4 is 16.4 Å². The third kappa shape index (κ3) is 4.42. The van der Waals surface area contributed by atoms with E-state index in [-0.39, 0.29) is 13.2 Å². The summed E-state index contributed by atoms with van der Waals surface area (Å²) in [4.78, 5) is 50.7. The van der Waals surface area contributed by atoms with Gasteiger partial charge in [0.15, 0.2) is 0 Å². The number of fused-ring (bicyclic) bond motifs is 1. The first kappa shape index (κ1) is 17.7. The number of benzene rings is 1. The third-order valence-corrected chi connectivity index (χ3v) is 3.45. The molecule has 2 rings (SSSR count). The number of esters is 1. The van der Waals surface area contributed by atoms with E-state index >= 15 is 0 Å². The second-order valence-corrected chi connectivity index (χ2v) is 5.61. The first-order valence-electron chi connectivity index (χ1n) is 6.98. The van der Waals surface area contributed by atoms with E-state index in [4.69, 9.17) is 0 Å². The highest BCUT2D eigenvalue weighted by molar-refractivity contribution is 9.10. The Morgan fingerprint density at radius 2 is 1.92 bits per heavy atom. The molecule has 1 heterocycles. The molecule has 0 aliphatic heterocycles. The summed E-state index contributed by atoms with van der Waals surface area (Å²) < 4.78 is 5.34. The van der Waals surface area contributed by atoms with Gasteiger partial charge in [-0.3, -0.25) is 14.4 Å². The van der Waals surface area contributed by atoms with Gasteiger partial charge in [0.2, 0.25) is 5.91 Å². The Kier molecular flexibility index (Phi) is 5.69. The van der Waals surface area contributed by atoms with Crippen LogP contribution in [0, 0.1) is 0 Å². The normalized spacial score (nSPS) is 10.9. The molecular formula is C15H14BrN3O5. The SMILES string of the molecule is CCOC(=O)C=CC(=O)NCc1cc(Br)cc2[nH]c(=O)c(=O)[nH]c12. The monoisotopic (exact) mass is 395 g/mol. The molecule has 0 aliphatic carbocycles. The molecule has 8 nitrogen and oxygen atoms in total. The smallest absolute Gasteiger partial charge is 0.330 e. The van der Waals surface area contributed by atoms with Crippen molar-refractivity contribution in [2.24, 2.45) is 0 Å². The Balaban J connectivity index is 2.19. The predicted octanol–water partition coefficient (Wildman–Crippen LogP) is 0.714. The molecule has 3 N–H and O–H groups in total. The second-order valence-electron chi connectivity index (χ2n) is 4.70. The summed E-state index contributed by atoms with van der Waals surface area (Å²) in [6.45, 7) is 1.97. The van der Waals surface area contributed by atoms with Crippen LogP contribution in [0.5, 0.6) is 0 Å². The molecule has 0 radical (unpaired) electrons. The number of hydrogen-bond acceptors (Lipinski definition) is 5. The number of carbonyl (C=O) groups is 2. The van der Waals surface area contributed by atoms with Crippen LogP contribution >= 0.6 is 15.9 Å². The molecule has 0 unspecified atom stereocenters.